The molecule has 1 fully saturated rings. The van der Waals surface area contributed by atoms with Crippen molar-refractivity contribution in [1.29, 1.82) is 0 Å². The van der Waals surface area contributed by atoms with Crippen molar-refractivity contribution in [2.45, 2.75) is 45.6 Å². The number of thiazole rings is 1. The summed E-state index contributed by atoms with van der Waals surface area (Å²) in [6.45, 7) is 3.94. The molecule has 3 N–H and O–H groups in total. The van der Waals surface area contributed by atoms with Crippen molar-refractivity contribution in [1.82, 2.24) is 10.3 Å². The summed E-state index contributed by atoms with van der Waals surface area (Å²) in [4.78, 5) is 16.8. The van der Waals surface area contributed by atoms with Crippen molar-refractivity contribution in [3.63, 3.8) is 0 Å². The summed E-state index contributed by atoms with van der Waals surface area (Å²) >= 11 is 1.26. The Morgan fingerprint density at radius 1 is 1.65 bits per heavy atom. The van der Waals surface area contributed by atoms with E-state index in [1.165, 1.54) is 24.2 Å². The number of hydrogen-bond donors (Lipinski definition) is 2. The Morgan fingerprint density at radius 2 is 2.35 bits per heavy atom. The Kier molecular flexibility index (Phi) is 3.66. The molecule has 0 bridgehead atoms. The number of nitrogens with zero attached hydrogens (tertiary/aromatic N) is 1. The Balaban J connectivity index is 1.96. The Labute approximate surface area is 106 Å². The third-order valence-electron chi connectivity index (χ3n) is 3.16. The van der Waals surface area contributed by atoms with Gasteiger partial charge in [0, 0.05) is 6.04 Å². The van der Waals surface area contributed by atoms with Gasteiger partial charge in [-0.15, -0.1) is 0 Å². The van der Waals surface area contributed by atoms with Crippen LogP contribution in [0.5, 0.6) is 0 Å². The van der Waals surface area contributed by atoms with Gasteiger partial charge in [-0.05, 0) is 25.7 Å². The zero-order valence-electron chi connectivity index (χ0n) is 10.3. The van der Waals surface area contributed by atoms with E-state index in [9.17, 15) is 4.79 Å². The molecule has 1 saturated carbocycles. The average Bonchev–Trinajstić information content (AvgIpc) is 3.02. The molecule has 4 nitrogen and oxygen atoms in total. The van der Waals surface area contributed by atoms with E-state index in [1.54, 1.807) is 0 Å². The molecule has 1 atom stereocenters. The third kappa shape index (κ3) is 3.19. The van der Waals surface area contributed by atoms with E-state index in [2.05, 4.69) is 17.2 Å². The zero-order chi connectivity index (χ0) is 12.4. The smallest absolute Gasteiger partial charge is 0.263 e. The van der Waals surface area contributed by atoms with E-state index >= 15 is 0 Å². The van der Waals surface area contributed by atoms with Gasteiger partial charge in [0.1, 0.15) is 4.88 Å². The highest BCUT2D eigenvalue weighted by Crippen LogP contribution is 2.34. The molecule has 0 spiro atoms. The highest BCUT2D eigenvalue weighted by Gasteiger charge is 2.26. The second-order valence-corrected chi connectivity index (χ2v) is 5.75. The Hall–Kier alpha value is -1.10. The molecular weight excluding hydrogens is 234 g/mol. The predicted octanol–water partition coefficient (Wildman–Crippen LogP) is 2.34. The molecule has 1 aliphatic carbocycles. The number of aromatic nitrogens is 1. The number of carbonyl (C=O) groups is 1. The molecule has 1 unspecified atom stereocenters. The highest BCUT2D eigenvalue weighted by molar-refractivity contribution is 7.17. The van der Waals surface area contributed by atoms with Crippen LogP contribution in [-0.2, 0) is 0 Å². The van der Waals surface area contributed by atoms with Crippen LogP contribution in [0.2, 0.25) is 0 Å². The number of carbonyl (C=O) groups excluding carboxylic acids is 1. The minimum atomic E-state index is -0.0239. The van der Waals surface area contributed by atoms with Crippen LogP contribution in [0.3, 0.4) is 0 Å². The molecule has 17 heavy (non-hydrogen) atoms. The van der Waals surface area contributed by atoms with Crippen LogP contribution in [0, 0.1) is 12.8 Å². The molecule has 1 aromatic heterocycles. The van der Waals surface area contributed by atoms with Gasteiger partial charge in [0.05, 0.1) is 5.69 Å². The normalized spacial score (nSPS) is 16.8. The molecular formula is C12H19N3OS. The average molecular weight is 253 g/mol. The zero-order valence-corrected chi connectivity index (χ0v) is 11.1. The van der Waals surface area contributed by atoms with Gasteiger partial charge in [0.15, 0.2) is 5.13 Å². The molecule has 0 saturated heterocycles. The molecule has 2 rings (SSSR count). The van der Waals surface area contributed by atoms with E-state index in [4.69, 9.17) is 5.73 Å². The van der Waals surface area contributed by atoms with Crippen molar-refractivity contribution >= 4 is 22.4 Å². The number of hydrogen-bond acceptors (Lipinski definition) is 4. The van der Waals surface area contributed by atoms with E-state index in [1.807, 2.05) is 6.92 Å². The van der Waals surface area contributed by atoms with Crippen molar-refractivity contribution in [3.8, 4) is 0 Å². The van der Waals surface area contributed by atoms with Crippen molar-refractivity contribution < 1.29 is 4.79 Å². The van der Waals surface area contributed by atoms with Gasteiger partial charge in [-0.25, -0.2) is 4.98 Å². The van der Waals surface area contributed by atoms with Gasteiger partial charge in [-0.1, -0.05) is 31.1 Å². The minimum Gasteiger partial charge on any atom is -0.375 e. The highest BCUT2D eigenvalue weighted by atomic mass is 32.1. The van der Waals surface area contributed by atoms with Gasteiger partial charge in [0.25, 0.3) is 5.91 Å². The summed E-state index contributed by atoms with van der Waals surface area (Å²) in [6.07, 6.45) is 4.73. The van der Waals surface area contributed by atoms with Crippen LogP contribution < -0.4 is 11.1 Å². The molecule has 5 heteroatoms. The summed E-state index contributed by atoms with van der Waals surface area (Å²) in [7, 11) is 0. The lowest BCUT2D eigenvalue weighted by Gasteiger charge is -2.16. The van der Waals surface area contributed by atoms with Gasteiger partial charge in [-0.3, -0.25) is 4.79 Å². The second kappa shape index (κ2) is 5.04. The van der Waals surface area contributed by atoms with E-state index in [0.717, 1.165) is 24.5 Å². The van der Waals surface area contributed by atoms with Crippen LogP contribution in [0.25, 0.3) is 0 Å². The fourth-order valence-electron chi connectivity index (χ4n) is 1.96. The molecule has 0 aromatic carbocycles. The first-order chi connectivity index (χ1) is 8.10. The monoisotopic (exact) mass is 253 g/mol. The SMILES string of the molecule is CCC(CC1CC1)NC(=O)c1sc(N)nc1C. The summed E-state index contributed by atoms with van der Waals surface area (Å²) in [5.41, 5.74) is 6.33. The fraction of sp³-hybridized carbons (Fsp3) is 0.667. The molecule has 0 radical (unpaired) electrons. The minimum absolute atomic E-state index is 0.0239. The molecule has 94 valence electrons. The topological polar surface area (TPSA) is 68.0 Å². The maximum atomic E-state index is 12.1. The van der Waals surface area contributed by atoms with Gasteiger partial charge in [0.2, 0.25) is 0 Å². The summed E-state index contributed by atoms with van der Waals surface area (Å²) < 4.78 is 0. The van der Waals surface area contributed by atoms with E-state index in [0.29, 0.717) is 10.0 Å². The fourth-order valence-corrected chi connectivity index (χ4v) is 2.70. The first-order valence-corrected chi connectivity index (χ1v) is 6.95. The Morgan fingerprint density at radius 3 is 2.82 bits per heavy atom. The number of amides is 1. The van der Waals surface area contributed by atoms with Crippen LogP contribution in [0.1, 0.15) is 48.0 Å². The largest absolute Gasteiger partial charge is 0.375 e. The first kappa shape index (κ1) is 12.4. The Bertz CT molecular complexity index is 412. The summed E-state index contributed by atoms with van der Waals surface area (Å²) in [5, 5.41) is 3.55. The third-order valence-corrected chi connectivity index (χ3v) is 4.15. The number of nitrogen functional groups attached to an aromatic ring is 1. The maximum absolute atomic E-state index is 12.1. The van der Waals surface area contributed by atoms with Gasteiger partial charge >= 0.3 is 0 Å². The van der Waals surface area contributed by atoms with Crippen LogP contribution in [-0.4, -0.2) is 16.9 Å². The van der Waals surface area contributed by atoms with E-state index in [-0.39, 0.29) is 11.9 Å². The van der Waals surface area contributed by atoms with Crippen LogP contribution in [0.15, 0.2) is 0 Å². The van der Waals surface area contributed by atoms with Crippen molar-refractivity contribution in [2.24, 2.45) is 5.92 Å². The molecule has 0 aliphatic heterocycles. The lowest BCUT2D eigenvalue weighted by atomic mass is 10.1. The van der Waals surface area contributed by atoms with Crippen molar-refractivity contribution in [3.05, 3.63) is 10.6 Å². The lowest BCUT2D eigenvalue weighted by molar-refractivity contribution is 0.0936. The number of aryl methyl sites for hydroxylation is 1. The lowest BCUT2D eigenvalue weighted by Crippen LogP contribution is -2.34. The molecule has 1 amide bonds. The van der Waals surface area contributed by atoms with Gasteiger partial charge in [-0.2, -0.15) is 0 Å². The van der Waals surface area contributed by atoms with Crippen LogP contribution in [0.4, 0.5) is 5.13 Å². The number of rotatable bonds is 5. The molecule has 1 heterocycles. The molecule has 1 aromatic rings. The number of nitrogens with two attached hydrogens (primary N) is 1. The first-order valence-electron chi connectivity index (χ1n) is 6.14. The summed E-state index contributed by atoms with van der Waals surface area (Å²) in [6, 6.07) is 0.290. The second-order valence-electron chi connectivity index (χ2n) is 4.72. The quantitative estimate of drug-likeness (QED) is 0.846. The van der Waals surface area contributed by atoms with Gasteiger partial charge < -0.3 is 11.1 Å². The van der Waals surface area contributed by atoms with E-state index < -0.39 is 0 Å². The summed E-state index contributed by atoms with van der Waals surface area (Å²) in [5.74, 6) is 0.803. The van der Waals surface area contributed by atoms with Crippen molar-refractivity contribution in [2.75, 3.05) is 5.73 Å². The predicted molar refractivity (Wildman–Crippen MR) is 70.1 cm³/mol. The van der Waals surface area contributed by atoms with Crippen LogP contribution >= 0.6 is 11.3 Å². The molecule has 1 aliphatic rings. The number of anilines is 1. The standard InChI is InChI=1S/C12H19N3OS/c1-3-9(6-8-4-5-8)15-11(16)10-7(2)14-12(13)17-10/h8-9H,3-6H2,1-2H3,(H2,13,14)(H,15,16). The number of nitrogens with one attached hydrogen (secondary N) is 1. The maximum Gasteiger partial charge on any atom is 0.263 e.